The van der Waals surface area contributed by atoms with Gasteiger partial charge in [0.1, 0.15) is 23.1 Å². The molecule has 2 aromatic carbocycles. The van der Waals surface area contributed by atoms with Crippen molar-refractivity contribution in [2.45, 2.75) is 84.5 Å². The van der Waals surface area contributed by atoms with Gasteiger partial charge in [0.15, 0.2) is 0 Å². The second-order valence-electron chi connectivity index (χ2n) is 12.0. The molecule has 0 atom stereocenters. The van der Waals surface area contributed by atoms with Crippen LogP contribution in [0.25, 0.3) is 11.1 Å². The Morgan fingerprint density at radius 3 is 2.08 bits per heavy atom. The second-order valence-corrected chi connectivity index (χ2v) is 12.0. The molecule has 0 aliphatic heterocycles. The molecule has 2 N–H and O–H groups in total. The largest absolute Gasteiger partial charge is 0.490 e. The molecule has 1 aromatic heterocycles. The summed E-state index contributed by atoms with van der Waals surface area (Å²) in [6.45, 7) is 10.7. The molecule has 0 spiro atoms. The highest BCUT2D eigenvalue weighted by molar-refractivity contribution is 5.76. The van der Waals surface area contributed by atoms with Crippen LogP contribution in [-0.2, 0) is 12.6 Å². The van der Waals surface area contributed by atoms with E-state index in [2.05, 4.69) is 0 Å². The Morgan fingerprint density at radius 2 is 1.51 bits per heavy atom. The van der Waals surface area contributed by atoms with Crippen LogP contribution in [0.3, 0.4) is 0 Å². The minimum Gasteiger partial charge on any atom is -0.490 e. The molecule has 0 bridgehead atoms. The average Bonchev–Trinajstić information content (AvgIpc) is 2.83. The van der Waals surface area contributed by atoms with Gasteiger partial charge in [-0.05, 0) is 114 Å². The summed E-state index contributed by atoms with van der Waals surface area (Å²) in [6.07, 6.45) is 4.83. The van der Waals surface area contributed by atoms with Gasteiger partial charge in [0, 0.05) is 30.4 Å². The van der Waals surface area contributed by atoms with Crippen LogP contribution in [0.4, 0.5) is 4.39 Å². The Hall–Kier alpha value is -3.16. The molecule has 1 saturated carbocycles. The van der Waals surface area contributed by atoms with Crippen LogP contribution in [-0.4, -0.2) is 26.5 Å². The Labute approximate surface area is 230 Å². The monoisotopic (exact) mass is 537 g/mol. The van der Waals surface area contributed by atoms with E-state index < -0.39 is 11.2 Å². The van der Waals surface area contributed by atoms with E-state index in [1.54, 1.807) is 53.1 Å². The summed E-state index contributed by atoms with van der Waals surface area (Å²) in [6, 6.07) is 9.78. The Bertz CT molecular complexity index is 1380. The first-order chi connectivity index (χ1) is 18.1. The molecule has 1 aliphatic carbocycles. The zero-order valence-electron chi connectivity index (χ0n) is 24.0. The fourth-order valence-electron chi connectivity index (χ4n) is 5.36. The molecular formula is C32H40FNO5. The molecule has 1 aliphatic rings. The third kappa shape index (κ3) is 6.53. The molecule has 4 rings (SSSR count). The Balaban J connectivity index is 1.79. The summed E-state index contributed by atoms with van der Waals surface area (Å²) in [5.41, 5.74) is 1.23. The highest BCUT2D eigenvalue weighted by Gasteiger charge is 2.32. The van der Waals surface area contributed by atoms with Crippen molar-refractivity contribution >= 4 is 0 Å². The first kappa shape index (κ1) is 28.8. The maximum atomic E-state index is 14.0. The molecular weight excluding hydrogens is 497 g/mol. The van der Waals surface area contributed by atoms with E-state index in [9.17, 15) is 19.4 Å². The summed E-state index contributed by atoms with van der Waals surface area (Å²) < 4.78 is 28.3. The molecule has 0 saturated heterocycles. The number of benzene rings is 2. The maximum absolute atomic E-state index is 14.0. The quantitative estimate of drug-likeness (QED) is 0.358. The van der Waals surface area contributed by atoms with Gasteiger partial charge in [0.05, 0.1) is 17.3 Å². The van der Waals surface area contributed by atoms with E-state index in [1.165, 1.54) is 22.8 Å². The standard InChI is InChI=1S/C32H40FNO5/c1-19-14-23(33)15-20(2)30(19)39-27-13-10-22(32(5,6)37)16-25(27)26-18-34(7)29(35)17-28(26)38-24-11-8-21(9-12-24)31(3,4)36/h10,13-18,21,24,36-37H,8-9,11-12H2,1-7H3/t21-,24+. The van der Waals surface area contributed by atoms with Crippen LogP contribution < -0.4 is 15.0 Å². The number of nitrogens with zero attached hydrogens (tertiary/aromatic N) is 1. The summed E-state index contributed by atoms with van der Waals surface area (Å²) in [7, 11) is 1.68. The van der Waals surface area contributed by atoms with E-state index in [1.807, 2.05) is 19.9 Å². The molecule has 3 aromatic rings. The van der Waals surface area contributed by atoms with Crippen LogP contribution in [0, 0.1) is 25.6 Å². The first-order valence-corrected chi connectivity index (χ1v) is 13.5. The van der Waals surface area contributed by atoms with Crippen molar-refractivity contribution in [1.29, 1.82) is 0 Å². The lowest BCUT2D eigenvalue weighted by Crippen LogP contribution is -2.36. The van der Waals surface area contributed by atoms with Gasteiger partial charge in [0.2, 0.25) is 0 Å². The summed E-state index contributed by atoms with van der Waals surface area (Å²) in [4.78, 5) is 12.7. The minimum atomic E-state index is -1.12. The van der Waals surface area contributed by atoms with E-state index in [4.69, 9.17) is 9.47 Å². The highest BCUT2D eigenvalue weighted by Crippen LogP contribution is 2.43. The number of aliphatic hydroxyl groups is 2. The van der Waals surface area contributed by atoms with Crippen molar-refractivity contribution < 1.29 is 24.1 Å². The molecule has 39 heavy (non-hydrogen) atoms. The fraction of sp³-hybridized carbons (Fsp3) is 0.469. The van der Waals surface area contributed by atoms with Crippen LogP contribution >= 0.6 is 0 Å². The molecule has 1 fully saturated rings. The Kier molecular flexibility index (Phi) is 7.97. The van der Waals surface area contributed by atoms with Crippen molar-refractivity contribution in [3.05, 3.63) is 75.5 Å². The van der Waals surface area contributed by atoms with Crippen LogP contribution in [0.5, 0.6) is 17.2 Å². The molecule has 7 heteroatoms. The fourth-order valence-corrected chi connectivity index (χ4v) is 5.36. The van der Waals surface area contributed by atoms with E-state index in [0.29, 0.717) is 45.1 Å². The molecule has 6 nitrogen and oxygen atoms in total. The highest BCUT2D eigenvalue weighted by atomic mass is 19.1. The summed E-state index contributed by atoms with van der Waals surface area (Å²) in [5.74, 6) is 1.35. The zero-order valence-corrected chi connectivity index (χ0v) is 24.0. The van der Waals surface area contributed by atoms with Crippen LogP contribution in [0.2, 0.25) is 0 Å². The zero-order chi connectivity index (χ0) is 28.7. The lowest BCUT2D eigenvalue weighted by Gasteiger charge is -2.36. The van der Waals surface area contributed by atoms with Gasteiger partial charge in [-0.25, -0.2) is 4.39 Å². The number of hydrogen-bond donors (Lipinski definition) is 2. The number of pyridine rings is 1. The van der Waals surface area contributed by atoms with Gasteiger partial charge in [-0.1, -0.05) is 6.07 Å². The third-order valence-corrected chi connectivity index (χ3v) is 7.77. The number of aromatic nitrogens is 1. The van der Waals surface area contributed by atoms with E-state index in [0.717, 1.165) is 25.7 Å². The summed E-state index contributed by atoms with van der Waals surface area (Å²) >= 11 is 0. The lowest BCUT2D eigenvalue weighted by molar-refractivity contribution is -0.0151. The van der Waals surface area contributed by atoms with Gasteiger partial charge in [-0.3, -0.25) is 4.79 Å². The Morgan fingerprint density at radius 1 is 0.897 bits per heavy atom. The van der Waals surface area contributed by atoms with Crippen molar-refractivity contribution in [3.63, 3.8) is 0 Å². The molecule has 0 amide bonds. The van der Waals surface area contributed by atoms with Gasteiger partial charge >= 0.3 is 0 Å². The van der Waals surface area contributed by atoms with Gasteiger partial charge in [-0.15, -0.1) is 0 Å². The van der Waals surface area contributed by atoms with Gasteiger partial charge < -0.3 is 24.3 Å². The van der Waals surface area contributed by atoms with Crippen LogP contribution in [0.15, 0.2) is 47.4 Å². The lowest BCUT2D eigenvalue weighted by atomic mass is 9.78. The van der Waals surface area contributed by atoms with E-state index >= 15 is 0 Å². The molecule has 210 valence electrons. The summed E-state index contributed by atoms with van der Waals surface area (Å²) in [5, 5.41) is 21.2. The average molecular weight is 538 g/mol. The SMILES string of the molecule is Cc1cc(F)cc(C)c1Oc1ccc(C(C)(C)O)cc1-c1cn(C)c(=O)cc1O[C@H]1CC[C@@H](C(C)(C)O)CC1. The smallest absolute Gasteiger partial charge is 0.254 e. The number of hydrogen-bond acceptors (Lipinski definition) is 5. The number of aryl methyl sites for hydroxylation is 3. The number of ether oxygens (including phenoxy) is 2. The van der Waals surface area contributed by atoms with Crippen molar-refractivity contribution in [2.75, 3.05) is 0 Å². The second kappa shape index (κ2) is 10.8. The predicted octanol–water partition coefficient (Wildman–Crippen LogP) is 6.54. The minimum absolute atomic E-state index is 0.0992. The van der Waals surface area contributed by atoms with Crippen molar-refractivity contribution in [3.8, 4) is 28.4 Å². The molecule has 0 unspecified atom stereocenters. The third-order valence-electron chi connectivity index (χ3n) is 7.77. The maximum Gasteiger partial charge on any atom is 0.254 e. The van der Waals surface area contributed by atoms with Gasteiger partial charge in [-0.2, -0.15) is 0 Å². The van der Waals surface area contributed by atoms with Crippen molar-refractivity contribution in [2.24, 2.45) is 13.0 Å². The molecule has 0 radical (unpaired) electrons. The first-order valence-electron chi connectivity index (χ1n) is 13.5. The number of rotatable bonds is 7. The van der Waals surface area contributed by atoms with Crippen molar-refractivity contribution in [1.82, 2.24) is 4.57 Å². The van der Waals surface area contributed by atoms with Gasteiger partial charge in [0.25, 0.3) is 5.56 Å². The predicted molar refractivity (Wildman–Crippen MR) is 151 cm³/mol. The topological polar surface area (TPSA) is 80.9 Å². The normalized spacial score (nSPS) is 18.2. The van der Waals surface area contributed by atoms with Crippen LogP contribution in [0.1, 0.15) is 70.1 Å². The molecule has 1 heterocycles. The number of halogens is 1. The van der Waals surface area contributed by atoms with E-state index in [-0.39, 0.29) is 23.4 Å².